The van der Waals surface area contributed by atoms with E-state index in [0.717, 1.165) is 48.0 Å². The first-order chi connectivity index (χ1) is 21.3. The van der Waals surface area contributed by atoms with E-state index in [2.05, 4.69) is 11.1 Å². The lowest BCUT2D eigenvalue weighted by Crippen LogP contribution is -2.45. The standard InChI is InChI=1S/C34H36F2N2O5S/c1-42-32(41)34-18-23(34)10-6-4-2-3-5-9-22(15-21-13-14-25(35)26(36)16-21)31(40)38-20-24(17-28(38)29(39)19-34)43-33-37-27-11-7-8-12-30(27)44-33/h6-8,10-14,16,22-24,28H,2-5,9,15,17-20H2,1H3/b10-6-/t22-,23+,24-,28+,34-/m1/s1. The number of para-hydroxylation sites is 1. The second kappa shape index (κ2) is 12.8. The molecule has 232 valence electrons. The van der Waals surface area contributed by atoms with Crippen molar-refractivity contribution in [3.8, 4) is 5.19 Å². The summed E-state index contributed by atoms with van der Waals surface area (Å²) < 4.78 is 40.2. The summed E-state index contributed by atoms with van der Waals surface area (Å²) in [5, 5.41) is 0.468. The van der Waals surface area contributed by atoms with Crippen LogP contribution in [0.4, 0.5) is 8.78 Å². The van der Waals surface area contributed by atoms with Crippen LogP contribution in [-0.4, -0.2) is 53.3 Å². The van der Waals surface area contributed by atoms with Crippen molar-refractivity contribution in [2.45, 2.75) is 69.9 Å². The summed E-state index contributed by atoms with van der Waals surface area (Å²) in [7, 11) is 1.34. The molecule has 44 heavy (non-hydrogen) atoms. The molecule has 0 spiro atoms. The summed E-state index contributed by atoms with van der Waals surface area (Å²) in [4.78, 5) is 47.5. The highest BCUT2D eigenvalue weighted by Crippen LogP contribution is 2.57. The number of aromatic nitrogens is 1. The monoisotopic (exact) mass is 622 g/mol. The highest BCUT2D eigenvalue weighted by atomic mass is 32.1. The summed E-state index contributed by atoms with van der Waals surface area (Å²) >= 11 is 1.41. The van der Waals surface area contributed by atoms with E-state index in [4.69, 9.17) is 9.47 Å². The van der Waals surface area contributed by atoms with Gasteiger partial charge in [-0.1, -0.05) is 54.5 Å². The van der Waals surface area contributed by atoms with Crippen LogP contribution in [0.5, 0.6) is 5.19 Å². The molecule has 1 aliphatic carbocycles. The van der Waals surface area contributed by atoms with Crippen molar-refractivity contribution in [1.29, 1.82) is 0 Å². The average Bonchev–Trinajstić information content (AvgIpc) is 3.32. The van der Waals surface area contributed by atoms with Gasteiger partial charge in [-0.05, 0) is 67.9 Å². The first kappa shape index (κ1) is 30.4. The summed E-state index contributed by atoms with van der Waals surface area (Å²) in [6.45, 7) is 0.188. The van der Waals surface area contributed by atoms with E-state index in [1.54, 1.807) is 4.90 Å². The molecule has 1 aromatic heterocycles. The Balaban J connectivity index is 1.30. The minimum Gasteiger partial charge on any atom is -0.469 e. The third-order valence-corrected chi connectivity index (χ3v) is 10.2. The van der Waals surface area contributed by atoms with Crippen molar-refractivity contribution in [3.05, 3.63) is 71.8 Å². The highest BCUT2D eigenvalue weighted by Gasteiger charge is 2.61. The number of amides is 1. The third kappa shape index (κ3) is 6.27. The molecule has 0 N–H and O–H groups in total. The van der Waals surface area contributed by atoms with Crippen molar-refractivity contribution in [2.75, 3.05) is 13.7 Å². The number of esters is 1. The lowest BCUT2D eigenvalue weighted by atomic mass is 9.90. The zero-order valence-corrected chi connectivity index (χ0v) is 25.5. The number of Topliss-reactive ketones (excluding diaryl/α,β-unsaturated/α-hetero) is 1. The molecule has 10 heteroatoms. The quantitative estimate of drug-likeness (QED) is 0.241. The van der Waals surface area contributed by atoms with E-state index < -0.39 is 41.1 Å². The van der Waals surface area contributed by atoms with Crippen molar-refractivity contribution in [3.63, 3.8) is 0 Å². The van der Waals surface area contributed by atoms with Crippen molar-refractivity contribution in [1.82, 2.24) is 9.88 Å². The number of nitrogens with zero attached hydrogens (tertiary/aromatic N) is 2. The third-order valence-electron chi connectivity index (χ3n) is 9.28. The van der Waals surface area contributed by atoms with E-state index in [1.165, 1.54) is 24.5 Å². The molecule has 1 amide bonds. The average molecular weight is 623 g/mol. The smallest absolute Gasteiger partial charge is 0.312 e. The lowest BCUT2D eigenvalue weighted by molar-refractivity contribution is -0.150. The number of rotatable bonds is 5. The zero-order chi connectivity index (χ0) is 30.8. The molecule has 0 bridgehead atoms. The van der Waals surface area contributed by atoms with Crippen LogP contribution in [0.3, 0.4) is 0 Å². The first-order valence-electron chi connectivity index (χ1n) is 15.3. The van der Waals surface area contributed by atoms with Crippen molar-refractivity contribution < 1.29 is 32.6 Å². The number of hydrogen-bond donors (Lipinski definition) is 0. The Labute approximate surface area is 259 Å². The van der Waals surface area contributed by atoms with Gasteiger partial charge in [0.2, 0.25) is 5.91 Å². The number of carbonyl (C=O) groups is 3. The summed E-state index contributed by atoms with van der Waals surface area (Å²) in [6.07, 6.45) is 8.63. The SMILES string of the molecule is COC(=O)[C@]12CC(=O)[C@@H]3C[C@@H](Oc4nc5ccccc5s4)CN3C(=O)[C@@H](Cc3ccc(F)c(F)c3)CCCCC/C=C\[C@H]1C2. The Morgan fingerprint density at radius 2 is 1.95 bits per heavy atom. The molecular weight excluding hydrogens is 586 g/mol. The maximum atomic E-state index is 14.3. The van der Waals surface area contributed by atoms with E-state index >= 15 is 0 Å². The molecule has 7 nitrogen and oxygen atoms in total. The van der Waals surface area contributed by atoms with Gasteiger partial charge >= 0.3 is 5.97 Å². The van der Waals surface area contributed by atoms with E-state index in [1.807, 2.05) is 30.3 Å². The van der Waals surface area contributed by atoms with Gasteiger partial charge in [-0.15, -0.1) is 0 Å². The van der Waals surface area contributed by atoms with Crippen molar-refractivity contribution >= 4 is 39.2 Å². The molecule has 1 saturated heterocycles. The Kier molecular flexibility index (Phi) is 8.80. The molecule has 2 aliphatic heterocycles. The van der Waals surface area contributed by atoms with Gasteiger partial charge in [0.15, 0.2) is 17.4 Å². The maximum Gasteiger partial charge on any atom is 0.312 e. The van der Waals surface area contributed by atoms with Crippen LogP contribution >= 0.6 is 11.3 Å². The molecule has 0 unspecified atom stereocenters. The zero-order valence-electron chi connectivity index (χ0n) is 24.7. The normalized spacial score (nSPS) is 28.5. The second-order valence-corrected chi connectivity index (χ2v) is 13.2. The molecule has 6 rings (SSSR count). The maximum absolute atomic E-state index is 14.3. The fraction of sp³-hybridized carbons (Fsp3) is 0.471. The van der Waals surface area contributed by atoms with Gasteiger partial charge in [-0.3, -0.25) is 14.4 Å². The minimum absolute atomic E-state index is 0.0230. The van der Waals surface area contributed by atoms with Gasteiger partial charge in [0.1, 0.15) is 6.10 Å². The predicted octanol–water partition coefficient (Wildman–Crippen LogP) is 6.44. The van der Waals surface area contributed by atoms with Crippen LogP contribution in [0.2, 0.25) is 0 Å². The number of carbonyl (C=O) groups excluding carboxylic acids is 3. The largest absolute Gasteiger partial charge is 0.469 e. The summed E-state index contributed by atoms with van der Waals surface area (Å²) in [5.74, 6) is -3.31. The van der Waals surface area contributed by atoms with E-state index in [0.29, 0.717) is 23.6 Å². The summed E-state index contributed by atoms with van der Waals surface area (Å²) in [5.41, 5.74) is 0.415. The molecule has 3 aromatic rings. The Morgan fingerprint density at radius 1 is 1.11 bits per heavy atom. The number of methoxy groups -OCH3 is 1. The van der Waals surface area contributed by atoms with Gasteiger partial charge in [-0.2, -0.15) is 0 Å². The number of benzene rings is 2. The van der Waals surface area contributed by atoms with Gasteiger partial charge in [0.25, 0.3) is 5.19 Å². The highest BCUT2D eigenvalue weighted by molar-refractivity contribution is 7.20. The van der Waals surface area contributed by atoms with Gasteiger partial charge in [0, 0.05) is 18.8 Å². The Hall–Kier alpha value is -3.66. The molecule has 0 radical (unpaired) electrons. The number of allylic oxidation sites excluding steroid dienone is 2. The fourth-order valence-electron chi connectivity index (χ4n) is 6.79. The van der Waals surface area contributed by atoms with E-state index in [9.17, 15) is 23.2 Å². The van der Waals surface area contributed by atoms with Crippen LogP contribution in [0.25, 0.3) is 10.2 Å². The number of thiazole rings is 1. The fourth-order valence-corrected chi connectivity index (χ4v) is 7.67. The van der Waals surface area contributed by atoms with Gasteiger partial charge in [-0.25, -0.2) is 13.8 Å². The molecule has 1 saturated carbocycles. The van der Waals surface area contributed by atoms with Crippen LogP contribution in [0, 0.1) is 28.9 Å². The lowest BCUT2D eigenvalue weighted by Gasteiger charge is -2.29. The number of hydrogen-bond acceptors (Lipinski definition) is 7. The summed E-state index contributed by atoms with van der Waals surface area (Å²) in [6, 6.07) is 10.6. The van der Waals surface area contributed by atoms with Gasteiger partial charge in [0.05, 0.1) is 35.3 Å². The number of ether oxygens (including phenoxy) is 2. The molecular formula is C34H36F2N2O5S. The van der Waals surface area contributed by atoms with Gasteiger partial charge < -0.3 is 14.4 Å². The molecule has 2 fully saturated rings. The molecule has 3 aliphatic rings. The van der Waals surface area contributed by atoms with E-state index in [-0.39, 0.29) is 43.4 Å². The second-order valence-electron chi connectivity index (χ2n) is 12.2. The predicted molar refractivity (Wildman–Crippen MR) is 162 cm³/mol. The van der Waals surface area contributed by atoms with Crippen LogP contribution < -0.4 is 4.74 Å². The number of halogens is 2. The van der Waals surface area contributed by atoms with Crippen LogP contribution in [0.1, 0.15) is 56.9 Å². The first-order valence-corrected chi connectivity index (χ1v) is 16.1. The minimum atomic E-state index is -0.954. The Bertz CT molecular complexity index is 1560. The topological polar surface area (TPSA) is 85.8 Å². The molecule has 2 aromatic carbocycles. The Morgan fingerprint density at radius 3 is 2.75 bits per heavy atom. The molecule has 3 heterocycles. The van der Waals surface area contributed by atoms with Crippen molar-refractivity contribution in [2.24, 2.45) is 17.3 Å². The number of fused-ring (bicyclic) bond motifs is 3. The number of ketones is 1. The van der Waals surface area contributed by atoms with Crippen LogP contribution in [0.15, 0.2) is 54.6 Å². The molecule has 5 atom stereocenters. The van der Waals surface area contributed by atoms with Crippen LogP contribution in [-0.2, 0) is 25.5 Å².